The van der Waals surface area contributed by atoms with Crippen molar-refractivity contribution in [2.24, 2.45) is 5.92 Å². The topological polar surface area (TPSA) is 67.0 Å². The van der Waals surface area contributed by atoms with Gasteiger partial charge in [-0.05, 0) is 19.8 Å². The number of halogens is 1. The number of carbonyl (C=O) groups excluding carboxylic acids is 1. The van der Waals surface area contributed by atoms with E-state index in [-0.39, 0.29) is 23.0 Å². The SMILES string of the molecule is CCOc1cnc2[nH]cc(NC(=O)C3CC3)c2c1F. The Labute approximate surface area is 109 Å². The van der Waals surface area contributed by atoms with E-state index in [4.69, 9.17) is 4.74 Å². The van der Waals surface area contributed by atoms with Gasteiger partial charge in [0.05, 0.1) is 23.9 Å². The molecule has 0 atom stereocenters. The van der Waals surface area contributed by atoms with Crippen molar-refractivity contribution in [3.8, 4) is 5.75 Å². The number of amides is 1. The van der Waals surface area contributed by atoms with Crippen LogP contribution in [-0.4, -0.2) is 22.5 Å². The van der Waals surface area contributed by atoms with E-state index in [9.17, 15) is 9.18 Å². The number of pyridine rings is 1. The van der Waals surface area contributed by atoms with Crippen LogP contribution in [0, 0.1) is 11.7 Å². The molecule has 5 nitrogen and oxygen atoms in total. The van der Waals surface area contributed by atoms with Crippen LogP contribution < -0.4 is 10.1 Å². The van der Waals surface area contributed by atoms with Crippen molar-refractivity contribution in [2.75, 3.05) is 11.9 Å². The zero-order valence-corrected chi connectivity index (χ0v) is 10.5. The standard InChI is InChI=1S/C13H14FN3O2/c1-2-19-9-6-16-12-10(11(9)14)8(5-15-12)17-13(18)7-3-4-7/h5-7H,2-4H2,1H3,(H,15,16)(H,17,18). The van der Waals surface area contributed by atoms with Gasteiger partial charge in [-0.2, -0.15) is 0 Å². The Balaban J connectivity index is 1.99. The Hall–Kier alpha value is -2.11. The zero-order chi connectivity index (χ0) is 13.4. The number of hydrogen-bond acceptors (Lipinski definition) is 3. The second-order valence-corrected chi connectivity index (χ2v) is 4.56. The highest BCUT2D eigenvalue weighted by Crippen LogP contribution is 2.33. The van der Waals surface area contributed by atoms with Gasteiger partial charge >= 0.3 is 0 Å². The first-order valence-electron chi connectivity index (χ1n) is 6.30. The molecule has 1 aliphatic rings. The van der Waals surface area contributed by atoms with Crippen LogP contribution in [0.25, 0.3) is 11.0 Å². The molecule has 0 saturated heterocycles. The van der Waals surface area contributed by atoms with E-state index >= 15 is 0 Å². The number of fused-ring (bicyclic) bond motifs is 1. The van der Waals surface area contributed by atoms with Crippen molar-refractivity contribution in [3.05, 3.63) is 18.2 Å². The number of hydrogen-bond donors (Lipinski definition) is 2. The van der Waals surface area contributed by atoms with Crippen LogP contribution >= 0.6 is 0 Å². The first-order valence-corrected chi connectivity index (χ1v) is 6.30. The number of anilines is 1. The molecule has 0 aliphatic heterocycles. The fourth-order valence-electron chi connectivity index (χ4n) is 1.97. The lowest BCUT2D eigenvalue weighted by atomic mass is 10.2. The summed E-state index contributed by atoms with van der Waals surface area (Å²) in [5.74, 6) is -0.408. The van der Waals surface area contributed by atoms with Gasteiger partial charge in [0, 0.05) is 12.1 Å². The molecule has 0 radical (unpaired) electrons. The first-order chi connectivity index (χ1) is 9.20. The maximum atomic E-state index is 14.3. The van der Waals surface area contributed by atoms with Crippen molar-refractivity contribution in [2.45, 2.75) is 19.8 Å². The van der Waals surface area contributed by atoms with Crippen molar-refractivity contribution < 1.29 is 13.9 Å². The van der Waals surface area contributed by atoms with E-state index in [2.05, 4.69) is 15.3 Å². The summed E-state index contributed by atoms with van der Waals surface area (Å²) in [7, 11) is 0. The maximum Gasteiger partial charge on any atom is 0.227 e. The maximum absolute atomic E-state index is 14.3. The van der Waals surface area contributed by atoms with Gasteiger partial charge in [0.25, 0.3) is 0 Å². The Morgan fingerprint density at radius 3 is 3.11 bits per heavy atom. The van der Waals surface area contributed by atoms with Crippen molar-refractivity contribution in [1.29, 1.82) is 0 Å². The van der Waals surface area contributed by atoms with Gasteiger partial charge in [-0.3, -0.25) is 4.79 Å². The quantitative estimate of drug-likeness (QED) is 0.890. The van der Waals surface area contributed by atoms with E-state index in [1.54, 1.807) is 13.1 Å². The summed E-state index contributed by atoms with van der Waals surface area (Å²) in [5, 5.41) is 3.00. The lowest BCUT2D eigenvalue weighted by Crippen LogP contribution is -2.13. The van der Waals surface area contributed by atoms with Crippen molar-refractivity contribution in [3.63, 3.8) is 0 Å². The molecular weight excluding hydrogens is 249 g/mol. The summed E-state index contributed by atoms with van der Waals surface area (Å²) in [6, 6.07) is 0. The highest BCUT2D eigenvalue weighted by molar-refractivity contribution is 6.02. The van der Waals surface area contributed by atoms with Crippen LogP contribution in [0.2, 0.25) is 0 Å². The monoisotopic (exact) mass is 263 g/mol. The van der Waals surface area contributed by atoms with E-state index in [0.29, 0.717) is 17.9 Å². The van der Waals surface area contributed by atoms with Gasteiger partial charge in [-0.15, -0.1) is 0 Å². The van der Waals surface area contributed by atoms with Crippen LogP contribution in [0.15, 0.2) is 12.4 Å². The minimum Gasteiger partial charge on any atom is -0.489 e. The molecule has 1 saturated carbocycles. The normalized spacial score (nSPS) is 14.6. The van der Waals surface area contributed by atoms with Gasteiger partial charge < -0.3 is 15.0 Å². The second-order valence-electron chi connectivity index (χ2n) is 4.56. The molecule has 1 fully saturated rings. The summed E-state index contributed by atoms with van der Waals surface area (Å²) < 4.78 is 19.5. The molecule has 2 aromatic heterocycles. The van der Waals surface area contributed by atoms with Crippen molar-refractivity contribution in [1.82, 2.24) is 9.97 Å². The fraction of sp³-hybridized carbons (Fsp3) is 0.385. The summed E-state index contributed by atoms with van der Waals surface area (Å²) >= 11 is 0. The molecule has 2 heterocycles. The third-order valence-electron chi connectivity index (χ3n) is 3.11. The molecule has 0 unspecified atom stereocenters. The minimum absolute atomic E-state index is 0.0658. The van der Waals surface area contributed by atoms with Crippen LogP contribution in [0.4, 0.5) is 10.1 Å². The number of nitrogens with one attached hydrogen (secondary N) is 2. The second kappa shape index (κ2) is 4.53. The van der Waals surface area contributed by atoms with E-state index < -0.39 is 5.82 Å². The molecule has 0 spiro atoms. The molecule has 1 aliphatic carbocycles. The molecule has 19 heavy (non-hydrogen) atoms. The minimum atomic E-state index is -0.501. The number of carbonyl (C=O) groups is 1. The number of aromatic nitrogens is 2. The first kappa shape index (κ1) is 12.0. The molecule has 100 valence electrons. The molecule has 0 bridgehead atoms. The number of nitrogens with zero attached hydrogens (tertiary/aromatic N) is 1. The van der Waals surface area contributed by atoms with E-state index in [0.717, 1.165) is 12.8 Å². The van der Waals surface area contributed by atoms with Gasteiger partial charge in [0.15, 0.2) is 11.6 Å². The fourth-order valence-corrected chi connectivity index (χ4v) is 1.97. The highest BCUT2D eigenvalue weighted by atomic mass is 19.1. The number of aromatic amines is 1. The third-order valence-corrected chi connectivity index (χ3v) is 3.11. The third kappa shape index (κ3) is 2.14. The molecular formula is C13H14FN3O2. The van der Waals surface area contributed by atoms with Gasteiger partial charge in [0.1, 0.15) is 5.65 Å². The highest BCUT2D eigenvalue weighted by Gasteiger charge is 2.30. The molecule has 1 amide bonds. The Bertz CT molecular complexity index is 634. The summed E-state index contributed by atoms with van der Waals surface area (Å²) in [5.41, 5.74) is 0.811. The predicted molar refractivity (Wildman–Crippen MR) is 68.6 cm³/mol. The number of H-pyrrole nitrogens is 1. The van der Waals surface area contributed by atoms with Gasteiger partial charge in [-0.25, -0.2) is 9.37 Å². The van der Waals surface area contributed by atoms with Crippen molar-refractivity contribution >= 4 is 22.6 Å². The number of rotatable bonds is 4. The van der Waals surface area contributed by atoms with E-state index in [1.807, 2.05) is 0 Å². The van der Waals surface area contributed by atoms with Gasteiger partial charge in [-0.1, -0.05) is 0 Å². The Kier molecular flexibility index (Phi) is 2.85. The largest absolute Gasteiger partial charge is 0.489 e. The Morgan fingerprint density at radius 1 is 1.63 bits per heavy atom. The smallest absolute Gasteiger partial charge is 0.227 e. The molecule has 0 aromatic carbocycles. The summed E-state index contributed by atoms with van der Waals surface area (Å²) in [4.78, 5) is 18.7. The lowest BCUT2D eigenvalue weighted by molar-refractivity contribution is -0.117. The predicted octanol–water partition coefficient (Wildman–Crippen LogP) is 2.45. The zero-order valence-electron chi connectivity index (χ0n) is 10.5. The van der Waals surface area contributed by atoms with Crippen LogP contribution in [0.3, 0.4) is 0 Å². The average molecular weight is 263 g/mol. The van der Waals surface area contributed by atoms with Crippen LogP contribution in [0.5, 0.6) is 5.75 Å². The lowest BCUT2D eigenvalue weighted by Gasteiger charge is -2.06. The molecule has 2 N–H and O–H groups in total. The van der Waals surface area contributed by atoms with E-state index in [1.165, 1.54) is 6.20 Å². The molecule has 6 heteroatoms. The molecule has 2 aromatic rings. The van der Waals surface area contributed by atoms with Crippen LogP contribution in [-0.2, 0) is 4.79 Å². The summed E-state index contributed by atoms with van der Waals surface area (Å²) in [6.45, 7) is 2.13. The van der Waals surface area contributed by atoms with Gasteiger partial charge in [0.2, 0.25) is 5.91 Å². The van der Waals surface area contributed by atoms with Crippen LogP contribution in [0.1, 0.15) is 19.8 Å². The Morgan fingerprint density at radius 2 is 2.42 bits per heavy atom. The average Bonchev–Trinajstić information content (AvgIpc) is 3.16. The molecule has 3 rings (SSSR count). The number of ether oxygens (including phenoxy) is 1. The summed E-state index contributed by atoms with van der Waals surface area (Å²) in [6.07, 6.45) is 4.69.